The Labute approximate surface area is 173 Å². The molecular formula is C17H18F3N7O4. The number of carbonyl (C=O) groups is 1. The summed E-state index contributed by atoms with van der Waals surface area (Å²) in [5.41, 5.74) is 3.51. The maximum atomic E-state index is 13.6. The van der Waals surface area contributed by atoms with E-state index < -0.39 is 42.1 Å². The van der Waals surface area contributed by atoms with Gasteiger partial charge in [-0.1, -0.05) is 0 Å². The van der Waals surface area contributed by atoms with Crippen molar-refractivity contribution in [2.45, 2.75) is 12.2 Å². The molecule has 1 amide bonds. The summed E-state index contributed by atoms with van der Waals surface area (Å²) in [4.78, 5) is 30.7. The number of aliphatic hydroxyl groups is 1. The summed E-state index contributed by atoms with van der Waals surface area (Å²) in [6, 6.07) is 0.459. The molecule has 11 nitrogen and oxygen atoms in total. The average Bonchev–Trinajstić information content (AvgIpc) is 3.14. The number of cyclic esters (lactones) is 1. The number of carbonyl (C=O) groups excluding carboxylic acids is 1. The van der Waals surface area contributed by atoms with Gasteiger partial charge in [0.15, 0.2) is 5.69 Å². The molecule has 3 N–H and O–H groups in total. The lowest BCUT2D eigenvalue weighted by Gasteiger charge is -2.28. The number of nitrogens with zero attached hydrogens (tertiary/aromatic N) is 6. The molecule has 0 unspecified atom stereocenters. The van der Waals surface area contributed by atoms with Gasteiger partial charge in [0, 0.05) is 30.9 Å². The third-order valence-corrected chi connectivity index (χ3v) is 4.77. The van der Waals surface area contributed by atoms with Gasteiger partial charge in [-0.15, -0.1) is 0 Å². The van der Waals surface area contributed by atoms with Gasteiger partial charge in [0.05, 0.1) is 31.6 Å². The number of aromatic nitrogens is 4. The second kappa shape index (κ2) is 8.11. The van der Waals surface area contributed by atoms with Gasteiger partial charge in [-0.25, -0.2) is 19.7 Å². The number of nitrogens with two attached hydrogens (primary N) is 1. The van der Waals surface area contributed by atoms with Crippen LogP contribution in [-0.2, 0) is 15.7 Å². The Hall–Kier alpha value is -3.26. The SMILES string of the molecule is Nc1ncc(-c2cc(N3C(=O)OC[C@@H]3CO)nc(N3CCOCC3)n2)c(C(F)(F)F)n1. The van der Waals surface area contributed by atoms with Crippen LogP contribution < -0.4 is 15.5 Å². The van der Waals surface area contributed by atoms with Crippen molar-refractivity contribution in [3.63, 3.8) is 0 Å². The minimum absolute atomic E-state index is 0.0157. The highest BCUT2D eigenvalue weighted by Crippen LogP contribution is 2.37. The fourth-order valence-electron chi connectivity index (χ4n) is 3.26. The van der Waals surface area contributed by atoms with E-state index in [9.17, 15) is 23.1 Å². The molecule has 14 heteroatoms. The minimum Gasteiger partial charge on any atom is -0.447 e. The zero-order valence-electron chi connectivity index (χ0n) is 16.0. The predicted octanol–water partition coefficient (Wildman–Crippen LogP) is 0.689. The van der Waals surface area contributed by atoms with Crippen molar-refractivity contribution in [2.75, 3.05) is 55.1 Å². The van der Waals surface area contributed by atoms with Crippen molar-refractivity contribution < 1.29 is 32.5 Å². The molecule has 1 atom stereocenters. The summed E-state index contributed by atoms with van der Waals surface area (Å²) in [6.45, 7) is 1.07. The highest BCUT2D eigenvalue weighted by molar-refractivity contribution is 5.90. The molecule has 2 aliphatic heterocycles. The first kappa shape index (κ1) is 21.0. The number of halogens is 3. The Kier molecular flexibility index (Phi) is 5.49. The normalized spacial score (nSPS) is 19.6. The minimum atomic E-state index is -4.82. The third-order valence-electron chi connectivity index (χ3n) is 4.77. The Morgan fingerprint density at radius 1 is 1.23 bits per heavy atom. The lowest BCUT2D eigenvalue weighted by atomic mass is 10.1. The van der Waals surface area contributed by atoms with E-state index in [4.69, 9.17) is 15.2 Å². The Bertz CT molecular complexity index is 985. The van der Waals surface area contributed by atoms with E-state index in [1.54, 1.807) is 4.90 Å². The van der Waals surface area contributed by atoms with E-state index in [2.05, 4.69) is 19.9 Å². The van der Waals surface area contributed by atoms with Gasteiger partial charge in [0.1, 0.15) is 12.4 Å². The van der Waals surface area contributed by atoms with E-state index in [-0.39, 0.29) is 24.1 Å². The van der Waals surface area contributed by atoms with Crippen LogP contribution in [0.1, 0.15) is 5.69 Å². The number of hydrogen-bond acceptors (Lipinski definition) is 10. The van der Waals surface area contributed by atoms with Gasteiger partial charge < -0.3 is 25.2 Å². The van der Waals surface area contributed by atoms with Crippen LogP contribution in [0.4, 0.5) is 35.7 Å². The first-order valence-corrected chi connectivity index (χ1v) is 9.26. The van der Waals surface area contributed by atoms with Crippen LogP contribution in [0.25, 0.3) is 11.3 Å². The number of ether oxygens (including phenoxy) is 2. The largest absolute Gasteiger partial charge is 0.447 e. The van der Waals surface area contributed by atoms with E-state index in [1.807, 2.05) is 0 Å². The smallest absolute Gasteiger partial charge is 0.434 e. The van der Waals surface area contributed by atoms with Crippen LogP contribution in [0.15, 0.2) is 12.3 Å². The number of hydrogen-bond donors (Lipinski definition) is 2. The summed E-state index contributed by atoms with van der Waals surface area (Å²) in [7, 11) is 0. The number of rotatable bonds is 4. The second-order valence-electron chi connectivity index (χ2n) is 6.78. The first-order chi connectivity index (χ1) is 14.8. The first-order valence-electron chi connectivity index (χ1n) is 9.26. The van der Waals surface area contributed by atoms with Crippen molar-refractivity contribution in [3.05, 3.63) is 18.0 Å². The molecule has 166 valence electrons. The molecule has 0 saturated carbocycles. The average molecular weight is 441 g/mol. The van der Waals surface area contributed by atoms with Gasteiger partial charge in [-0.05, 0) is 0 Å². The Morgan fingerprint density at radius 3 is 2.65 bits per heavy atom. The van der Waals surface area contributed by atoms with Crippen LogP contribution in [0, 0.1) is 0 Å². The van der Waals surface area contributed by atoms with Crippen LogP contribution >= 0.6 is 0 Å². The highest BCUT2D eigenvalue weighted by Gasteiger charge is 2.39. The molecule has 0 radical (unpaired) electrons. The van der Waals surface area contributed by atoms with Crippen molar-refractivity contribution in [1.82, 2.24) is 19.9 Å². The molecule has 4 heterocycles. The number of nitrogen functional groups attached to an aromatic ring is 1. The van der Waals surface area contributed by atoms with Gasteiger partial charge >= 0.3 is 12.3 Å². The highest BCUT2D eigenvalue weighted by atomic mass is 19.4. The van der Waals surface area contributed by atoms with Crippen LogP contribution in [0.5, 0.6) is 0 Å². The third kappa shape index (κ3) is 4.16. The molecule has 0 aliphatic carbocycles. The van der Waals surface area contributed by atoms with E-state index >= 15 is 0 Å². The van der Waals surface area contributed by atoms with E-state index in [0.29, 0.717) is 26.3 Å². The van der Waals surface area contributed by atoms with Crippen LogP contribution in [0.2, 0.25) is 0 Å². The van der Waals surface area contributed by atoms with Gasteiger partial charge in [0.25, 0.3) is 0 Å². The molecule has 0 aromatic carbocycles. The summed E-state index contributed by atoms with van der Waals surface area (Å²) in [6.07, 6.45) is -4.68. The maximum Gasteiger partial charge on any atom is 0.434 e. The summed E-state index contributed by atoms with van der Waals surface area (Å²) in [5.74, 6) is -0.461. The van der Waals surface area contributed by atoms with Crippen molar-refractivity contribution in [1.29, 1.82) is 0 Å². The molecule has 2 aromatic heterocycles. The number of morpholine rings is 1. The van der Waals surface area contributed by atoms with E-state index in [0.717, 1.165) is 11.1 Å². The van der Waals surface area contributed by atoms with Gasteiger partial charge in [0.2, 0.25) is 11.9 Å². The lowest BCUT2D eigenvalue weighted by Crippen LogP contribution is -2.39. The van der Waals surface area contributed by atoms with E-state index in [1.165, 1.54) is 6.07 Å². The molecule has 2 aromatic rings. The monoisotopic (exact) mass is 441 g/mol. The number of amides is 1. The van der Waals surface area contributed by atoms with Gasteiger partial charge in [-0.2, -0.15) is 18.2 Å². The predicted molar refractivity (Wildman–Crippen MR) is 100 cm³/mol. The second-order valence-corrected chi connectivity index (χ2v) is 6.78. The van der Waals surface area contributed by atoms with Crippen LogP contribution in [-0.4, -0.2) is 76.7 Å². The fraction of sp³-hybridized carbons (Fsp3) is 0.471. The lowest BCUT2D eigenvalue weighted by molar-refractivity contribution is -0.140. The standard InChI is InChI=1S/C17H18F3N7O4/c18-17(19,20)13-10(6-22-14(21)25-13)11-5-12(27-9(7-28)8-31-16(27)29)24-15(23-11)26-1-3-30-4-2-26/h5-6,9,28H,1-4,7-8H2,(H2,21,22,25)/t9-/m0/s1. The molecule has 0 bridgehead atoms. The maximum absolute atomic E-state index is 13.6. The molecule has 4 rings (SSSR count). The quantitative estimate of drug-likeness (QED) is 0.696. The zero-order valence-corrected chi connectivity index (χ0v) is 16.0. The molecular weight excluding hydrogens is 423 g/mol. The number of anilines is 3. The summed E-state index contributed by atoms with van der Waals surface area (Å²) < 4.78 is 51.1. The molecule has 2 aliphatic rings. The molecule has 31 heavy (non-hydrogen) atoms. The molecule has 0 spiro atoms. The van der Waals surface area contributed by atoms with Crippen molar-refractivity contribution >= 4 is 23.8 Å². The topological polar surface area (TPSA) is 140 Å². The van der Waals surface area contributed by atoms with Crippen molar-refractivity contribution in [2.24, 2.45) is 0 Å². The Balaban J connectivity index is 1.88. The summed E-state index contributed by atoms with van der Waals surface area (Å²) in [5, 5.41) is 9.57. The molecule has 2 fully saturated rings. The van der Waals surface area contributed by atoms with Crippen molar-refractivity contribution in [3.8, 4) is 11.3 Å². The number of alkyl halides is 3. The van der Waals surface area contributed by atoms with Gasteiger partial charge in [-0.3, -0.25) is 4.90 Å². The zero-order chi connectivity index (χ0) is 22.2. The van der Waals surface area contributed by atoms with Crippen LogP contribution in [0.3, 0.4) is 0 Å². The summed E-state index contributed by atoms with van der Waals surface area (Å²) >= 11 is 0. The Morgan fingerprint density at radius 2 is 1.97 bits per heavy atom. The molecule has 2 saturated heterocycles. The fourth-order valence-corrected chi connectivity index (χ4v) is 3.26. The number of aliphatic hydroxyl groups excluding tert-OH is 1.